The van der Waals surface area contributed by atoms with Crippen molar-refractivity contribution in [1.82, 2.24) is 20.2 Å². The zero-order valence-electron chi connectivity index (χ0n) is 14.5. The molecular formula is C20H20N4O2. The van der Waals surface area contributed by atoms with Gasteiger partial charge < -0.3 is 15.2 Å². The Hall–Kier alpha value is -3.41. The summed E-state index contributed by atoms with van der Waals surface area (Å²) in [5.74, 6) is -0.262. The molecule has 0 aliphatic carbocycles. The van der Waals surface area contributed by atoms with Crippen LogP contribution in [0.1, 0.15) is 28.5 Å². The van der Waals surface area contributed by atoms with Crippen molar-refractivity contribution in [2.45, 2.75) is 20.0 Å². The van der Waals surface area contributed by atoms with Crippen LogP contribution in [0, 0.1) is 0 Å². The molecular weight excluding hydrogens is 328 g/mol. The number of para-hydroxylation sites is 1. The van der Waals surface area contributed by atoms with Crippen molar-refractivity contribution >= 4 is 11.8 Å². The molecule has 0 spiro atoms. The summed E-state index contributed by atoms with van der Waals surface area (Å²) in [6.45, 7) is 2.28. The van der Waals surface area contributed by atoms with Crippen LogP contribution in [0.25, 0.3) is 5.69 Å². The van der Waals surface area contributed by atoms with Gasteiger partial charge in [-0.15, -0.1) is 0 Å². The molecule has 2 aromatic carbocycles. The lowest BCUT2D eigenvalue weighted by Crippen LogP contribution is -2.24. The van der Waals surface area contributed by atoms with E-state index in [-0.39, 0.29) is 11.8 Å². The minimum absolute atomic E-state index is 0.111. The first-order valence-corrected chi connectivity index (χ1v) is 8.32. The first kappa shape index (κ1) is 17.4. The largest absolute Gasteiger partial charge is 0.351 e. The summed E-state index contributed by atoms with van der Waals surface area (Å²) in [6, 6.07) is 17.1. The first-order valence-electron chi connectivity index (χ1n) is 8.32. The van der Waals surface area contributed by atoms with Gasteiger partial charge in [0.25, 0.3) is 5.91 Å². The SMILES string of the molecule is CC(=O)NCc1cn(-c2ccccc2C(=O)NCc2ccccc2)cn1. The number of hydrogen-bond donors (Lipinski definition) is 2. The van der Waals surface area contributed by atoms with Gasteiger partial charge in [-0.2, -0.15) is 0 Å². The fourth-order valence-corrected chi connectivity index (χ4v) is 2.57. The molecule has 1 aromatic heterocycles. The van der Waals surface area contributed by atoms with E-state index in [1.807, 2.05) is 48.5 Å². The van der Waals surface area contributed by atoms with Crippen LogP contribution in [-0.4, -0.2) is 21.4 Å². The van der Waals surface area contributed by atoms with Gasteiger partial charge in [-0.05, 0) is 17.7 Å². The number of carbonyl (C=O) groups is 2. The summed E-state index contributed by atoms with van der Waals surface area (Å²) in [5, 5.41) is 5.65. The highest BCUT2D eigenvalue weighted by Crippen LogP contribution is 2.15. The molecule has 0 saturated heterocycles. The molecule has 2 N–H and O–H groups in total. The molecule has 3 rings (SSSR count). The van der Waals surface area contributed by atoms with Crippen molar-refractivity contribution in [3.63, 3.8) is 0 Å². The van der Waals surface area contributed by atoms with Gasteiger partial charge in [0.05, 0.1) is 29.8 Å². The maximum absolute atomic E-state index is 12.6. The van der Waals surface area contributed by atoms with Gasteiger partial charge in [0.1, 0.15) is 0 Å². The van der Waals surface area contributed by atoms with Crippen LogP contribution in [-0.2, 0) is 17.9 Å². The molecule has 6 nitrogen and oxygen atoms in total. The maximum atomic E-state index is 12.6. The number of nitrogens with zero attached hydrogens (tertiary/aromatic N) is 2. The van der Waals surface area contributed by atoms with Crippen LogP contribution in [0.3, 0.4) is 0 Å². The summed E-state index contributed by atoms with van der Waals surface area (Å²) in [6.07, 6.45) is 3.44. The second-order valence-corrected chi connectivity index (χ2v) is 5.87. The third kappa shape index (κ3) is 4.36. The third-order valence-electron chi connectivity index (χ3n) is 3.88. The fraction of sp³-hybridized carbons (Fsp3) is 0.150. The highest BCUT2D eigenvalue weighted by Gasteiger charge is 2.13. The maximum Gasteiger partial charge on any atom is 0.253 e. The Kier molecular flexibility index (Phi) is 5.43. The molecule has 6 heteroatoms. The molecule has 26 heavy (non-hydrogen) atoms. The number of benzene rings is 2. The zero-order chi connectivity index (χ0) is 18.4. The predicted octanol–water partition coefficient (Wildman–Crippen LogP) is 2.44. The Bertz CT molecular complexity index is 903. The minimum Gasteiger partial charge on any atom is -0.351 e. The number of hydrogen-bond acceptors (Lipinski definition) is 3. The second-order valence-electron chi connectivity index (χ2n) is 5.87. The van der Waals surface area contributed by atoms with Crippen molar-refractivity contribution < 1.29 is 9.59 Å². The van der Waals surface area contributed by atoms with Gasteiger partial charge in [-0.1, -0.05) is 42.5 Å². The van der Waals surface area contributed by atoms with Crippen molar-refractivity contribution in [1.29, 1.82) is 0 Å². The Morgan fingerprint density at radius 2 is 1.69 bits per heavy atom. The lowest BCUT2D eigenvalue weighted by atomic mass is 10.1. The molecule has 1 heterocycles. The smallest absolute Gasteiger partial charge is 0.253 e. The Morgan fingerprint density at radius 1 is 0.962 bits per heavy atom. The van der Waals surface area contributed by atoms with E-state index in [4.69, 9.17) is 0 Å². The Balaban J connectivity index is 1.75. The molecule has 0 fully saturated rings. The number of rotatable bonds is 6. The van der Waals surface area contributed by atoms with E-state index in [0.29, 0.717) is 18.7 Å². The van der Waals surface area contributed by atoms with Crippen molar-refractivity contribution in [3.8, 4) is 5.69 Å². The van der Waals surface area contributed by atoms with Gasteiger partial charge in [-0.3, -0.25) is 9.59 Å². The van der Waals surface area contributed by atoms with Gasteiger partial charge >= 0.3 is 0 Å². The molecule has 0 radical (unpaired) electrons. The Morgan fingerprint density at radius 3 is 2.46 bits per heavy atom. The van der Waals surface area contributed by atoms with E-state index >= 15 is 0 Å². The van der Waals surface area contributed by atoms with Crippen LogP contribution < -0.4 is 10.6 Å². The number of imidazole rings is 1. The van der Waals surface area contributed by atoms with Crippen LogP contribution in [0.15, 0.2) is 67.1 Å². The van der Waals surface area contributed by atoms with Gasteiger partial charge in [-0.25, -0.2) is 4.98 Å². The van der Waals surface area contributed by atoms with Crippen molar-refractivity contribution in [2.24, 2.45) is 0 Å². The van der Waals surface area contributed by atoms with E-state index < -0.39 is 0 Å². The lowest BCUT2D eigenvalue weighted by Gasteiger charge is -2.11. The first-order chi connectivity index (χ1) is 12.6. The second kappa shape index (κ2) is 8.11. The zero-order valence-corrected chi connectivity index (χ0v) is 14.5. The average molecular weight is 348 g/mol. The van der Waals surface area contributed by atoms with Crippen LogP contribution in [0.4, 0.5) is 0 Å². The molecule has 0 unspecified atom stereocenters. The molecule has 0 atom stereocenters. The summed E-state index contributed by atoms with van der Waals surface area (Å²) in [7, 11) is 0. The average Bonchev–Trinajstić information content (AvgIpc) is 3.14. The molecule has 3 aromatic rings. The van der Waals surface area contributed by atoms with Crippen molar-refractivity contribution in [3.05, 3.63) is 83.9 Å². The molecule has 2 amide bonds. The number of aromatic nitrogens is 2. The van der Waals surface area contributed by atoms with Crippen LogP contribution >= 0.6 is 0 Å². The topological polar surface area (TPSA) is 76.0 Å². The van der Waals surface area contributed by atoms with Gasteiger partial charge in [0.2, 0.25) is 5.91 Å². The monoisotopic (exact) mass is 348 g/mol. The highest BCUT2D eigenvalue weighted by molar-refractivity contribution is 5.97. The quantitative estimate of drug-likeness (QED) is 0.718. The van der Waals surface area contributed by atoms with E-state index in [2.05, 4.69) is 15.6 Å². The summed E-state index contributed by atoms with van der Waals surface area (Å²) in [5.41, 5.74) is 3.06. The van der Waals surface area contributed by atoms with Crippen molar-refractivity contribution in [2.75, 3.05) is 0 Å². The van der Waals surface area contributed by atoms with E-state index in [9.17, 15) is 9.59 Å². The minimum atomic E-state index is -0.151. The predicted molar refractivity (Wildman–Crippen MR) is 98.7 cm³/mol. The van der Waals surface area contributed by atoms with Gasteiger partial charge in [0, 0.05) is 19.7 Å². The fourth-order valence-electron chi connectivity index (χ4n) is 2.57. The number of nitrogens with one attached hydrogen (secondary N) is 2. The highest BCUT2D eigenvalue weighted by atomic mass is 16.2. The van der Waals surface area contributed by atoms with E-state index in [1.54, 1.807) is 23.2 Å². The normalized spacial score (nSPS) is 10.3. The summed E-state index contributed by atoms with van der Waals surface area (Å²) >= 11 is 0. The molecule has 0 bridgehead atoms. The molecule has 0 saturated carbocycles. The van der Waals surface area contributed by atoms with E-state index in [0.717, 1.165) is 16.9 Å². The van der Waals surface area contributed by atoms with Crippen LogP contribution in [0.5, 0.6) is 0 Å². The van der Waals surface area contributed by atoms with Gasteiger partial charge in [0.15, 0.2) is 0 Å². The standard InChI is InChI=1S/C20H20N4O2/c1-15(25)21-12-17-13-24(14-23-17)19-10-6-5-9-18(19)20(26)22-11-16-7-3-2-4-8-16/h2-10,13-14H,11-12H2,1H3,(H,21,25)(H,22,26). The van der Waals surface area contributed by atoms with E-state index in [1.165, 1.54) is 6.92 Å². The van der Waals surface area contributed by atoms with Crippen LogP contribution in [0.2, 0.25) is 0 Å². The third-order valence-corrected chi connectivity index (χ3v) is 3.88. The molecule has 0 aliphatic rings. The number of amides is 2. The summed E-state index contributed by atoms with van der Waals surface area (Å²) < 4.78 is 1.79. The molecule has 0 aliphatic heterocycles. The Labute approximate surface area is 151 Å². The lowest BCUT2D eigenvalue weighted by molar-refractivity contribution is -0.119. The molecule has 132 valence electrons. The number of carbonyl (C=O) groups excluding carboxylic acids is 2. The summed E-state index contributed by atoms with van der Waals surface area (Å²) in [4.78, 5) is 27.9.